The lowest BCUT2D eigenvalue weighted by Crippen LogP contribution is -2.24. The fraction of sp³-hybridized carbons (Fsp3) is 0.250. The van der Waals surface area contributed by atoms with Gasteiger partial charge in [-0.15, -0.1) is 0 Å². The van der Waals surface area contributed by atoms with Crippen molar-refractivity contribution in [3.8, 4) is 17.2 Å². The van der Waals surface area contributed by atoms with Gasteiger partial charge >= 0.3 is 0 Å². The van der Waals surface area contributed by atoms with Gasteiger partial charge in [0.15, 0.2) is 23.1 Å². The van der Waals surface area contributed by atoms with Crippen molar-refractivity contribution in [2.75, 3.05) is 13.4 Å². The third kappa shape index (κ3) is 3.67. The zero-order valence-corrected chi connectivity index (χ0v) is 14.0. The van der Waals surface area contributed by atoms with Gasteiger partial charge in [0.05, 0.1) is 6.61 Å². The van der Waals surface area contributed by atoms with E-state index in [1.165, 1.54) is 0 Å². The Morgan fingerprint density at radius 3 is 2.64 bits per heavy atom. The summed E-state index contributed by atoms with van der Waals surface area (Å²) in [5, 5.41) is 0. The van der Waals surface area contributed by atoms with E-state index in [4.69, 9.17) is 14.2 Å². The summed E-state index contributed by atoms with van der Waals surface area (Å²) < 4.78 is 69.9. The fourth-order valence-electron chi connectivity index (χ4n) is 2.29. The molecule has 0 aromatic heterocycles. The molecule has 6 nitrogen and oxygen atoms in total. The standard InChI is InChI=1S/C16H15F2NO5S/c1-2-22-14-6-12(18)16(7-11(14)17)25(20,21)19-8-10-3-4-13-15(5-10)24-9-23-13/h3-7,19H,2,8-9H2,1H3. The second-order valence-electron chi connectivity index (χ2n) is 5.16. The minimum atomic E-state index is -4.25. The molecule has 0 saturated carbocycles. The maximum absolute atomic E-state index is 14.1. The van der Waals surface area contributed by atoms with Crippen LogP contribution >= 0.6 is 0 Å². The Hall–Kier alpha value is -2.39. The van der Waals surface area contributed by atoms with E-state index in [0.29, 0.717) is 29.2 Å². The Morgan fingerprint density at radius 2 is 1.88 bits per heavy atom. The highest BCUT2D eigenvalue weighted by molar-refractivity contribution is 7.89. The van der Waals surface area contributed by atoms with Gasteiger partial charge in [0.25, 0.3) is 0 Å². The van der Waals surface area contributed by atoms with E-state index in [2.05, 4.69) is 4.72 Å². The second kappa shape index (κ2) is 6.85. The molecule has 2 aromatic carbocycles. The number of hydrogen-bond acceptors (Lipinski definition) is 5. The van der Waals surface area contributed by atoms with Gasteiger partial charge < -0.3 is 14.2 Å². The van der Waals surface area contributed by atoms with Gasteiger partial charge in [0, 0.05) is 18.7 Å². The van der Waals surface area contributed by atoms with Crippen LogP contribution in [0, 0.1) is 11.6 Å². The average molecular weight is 371 g/mol. The van der Waals surface area contributed by atoms with E-state index < -0.39 is 26.6 Å². The number of benzene rings is 2. The van der Waals surface area contributed by atoms with Gasteiger partial charge in [0.1, 0.15) is 10.7 Å². The van der Waals surface area contributed by atoms with Crippen molar-refractivity contribution in [2.45, 2.75) is 18.4 Å². The Balaban J connectivity index is 1.79. The number of nitrogens with one attached hydrogen (secondary N) is 1. The van der Waals surface area contributed by atoms with Crippen molar-refractivity contribution in [1.82, 2.24) is 4.72 Å². The summed E-state index contributed by atoms with van der Waals surface area (Å²) in [4.78, 5) is -0.783. The largest absolute Gasteiger partial charge is 0.491 e. The van der Waals surface area contributed by atoms with Crippen LogP contribution in [0.1, 0.15) is 12.5 Å². The number of sulfonamides is 1. The van der Waals surface area contributed by atoms with Gasteiger partial charge in [0.2, 0.25) is 16.8 Å². The third-order valence-electron chi connectivity index (χ3n) is 3.48. The highest BCUT2D eigenvalue weighted by Crippen LogP contribution is 2.32. The summed E-state index contributed by atoms with van der Waals surface area (Å²) in [6.45, 7) is 1.72. The molecule has 0 atom stereocenters. The number of hydrogen-bond donors (Lipinski definition) is 1. The molecule has 1 N–H and O–H groups in total. The Bertz CT molecular complexity index is 902. The molecule has 2 aromatic rings. The lowest BCUT2D eigenvalue weighted by molar-refractivity contribution is 0.174. The van der Waals surface area contributed by atoms with Crippen LogP contribution in [0.2, 0.25) is 0 Å². The predicted octanol–water partition coefficient (Wildman–Crippen LogP) is 2.57. The molecule has 0 radical (unpaired) electrons. The van der Waals surface area contributed by atoms with Crippen LogP contribution in [-0.2, 0) is 16.6 Å². The first kappa shape index (κ1) is 17.4. The molecule has 0 unspecified atom stereocenters. The number of fused-ring (bicyclic) bond motifs is 1. The van der Waals surface area contributed by atoms with E-state index in [1.807, 2.05) is 0 Å². The van der Waals surface area contributed by atoms with Gasteiger partial charge in [-0.3, -0.25) is 0 Å². The molecule has 0 aliphatic carbocycles. The monoisotopic (exact) mass is 371 g/mol. The number of rotatable bonds is 6. The maximum Gasteiger partial charge on any atom is 0.243 e. The summed E-state index contributed by atoms with van der Waals surface area (Å²) in [6, 6.07) is 6.21. The lowest BCUT2D eigenvalue weighted by atomic mass is 10.2. The Labute approximate surface area is 143 Å². The SMILES string of the molecule is CCOc1cc(F)c(S(=O)(=O)NCc2ccc3c(c2)OCO3)cc1F. The summed E-state index contributed by atoms with van der Waals surface area (Å²) in [6.07, 6.45) is 0. The van der Waals surface area contributed by atoms with Crippen LogP contribution in [0.4, 0.5) is 8.78 Å². The molecule has 0 spiro atoms. The molecule has 9 heteroatoms. The maximum atomic E-state index is 14.1. The zero-order chi connectivity index (χ0) is 18.0. The van der Waals surface area contributed by atoms with Gasteiger partial charge in [-0.25, -0.2) is 21.9 Å². The molecule has 0 fully saturated rings. The van der Waals surface area contributed by atoms with E-state index >= 15 is 0 Å². The Kier molecular flexibility index (Phi) is 4.78. The number of ether oxygens (including phenoxy) is 3. The van der Waals surface area contributed by atoms with E-state index in [1.54, 1.807) is 25.1 Å². The first-order valence-corrected chi connectivity index (χ1v) is 8.89. The Morgan fingerprint density at radius 1 is 1.12 bits per heavy atom. The molecule has 0 saturated heterocycles. The van der Waals surface area contributed by atoms with E-state index in [-0.39, 0.29) is 25.7 Å². The van der Waals surface area contributed by atoms with Crippen molar-refractivity contribution < 1.29 is 31.4 Å². The lowest BCUT2D eigenvalue weighted by Gasteiger charge is -2.11. The van der Waals surface area contributed by atoms with Crippen molar-refractivity contribution in [3.63, 3.8) is 0 Å². The van der Waals surface area contributed by atoms with E-state index in [9.17, 15) is 17.2 Å². The fourth-order valence-corrected chi connectivity index (χ4v) is 3.38. The number of halogens is 2. The van der Waals surface area contributed by atoms with Crippen molar-refractivity contribution in [1.29, 1.82) is 0 Å². The summed E-state index contributed by atoms with van der Waals surface area (Å²) in [5.41, 5.74) is 0.583. The highest BCUT2D eigenvalue weighted by atomic mass is 32.2. The molecule has 1 heterocycles. The summed E-state index contributed by atoms with van der Waals surface area (Å²) in [5.74, 6) is -1.33. The molecule has 3 rings (SSSR count). The summed E-state index contributed by atoms with van der Waals surface area (Å²) in [7, 11) is -4.25. The molecule has 0 amide bonds. The topological polar surface area (TPSA) is 73.9 Å². The van der Waals surface area contributed by atoms with E-state index in [0.717, 1.165) is 0 Å². The smallest absolute Gasteiger partial charge is 0.243 e. The van der Waals surface area contributed by atoms with Gasteiger partial charge in [-0.2, -0.15) is 0 Å². The quantitative estimate of drug-likeness (QED) is 0.845. The zero-order valence-electron chi connectivity index (χ0n) is 13.2. The van der Waals surface area contributed by atoms with Crippen LogP contribution < -0.4 is 18.9 Å². The minimum absolute atomic E-state index is 0.0984. The molecular weight excluding hydrogens is 356 g/mol. The predicted molar refractivity (Wildman–Crippen MR) is 84.1 cm³/mol. The van der Waals surface area contributed by atoms with Crippen molar-refractivity contribution in [2.24, 2.45) is 0 Å². The molecule has 1 aliphatic heterocycles. The first-order valence-electron chi connectivity index (χ1n) is 7.40. The van der Waals surface area contributed by atoms with Crippen LogP contribution in [0.25, 0.3) is 0 Å². The van der Waals surface area contributed by atoms with Gasteiger partial charge in [-0.05, 0) is 24.6 Å². The average Bonchev–Trinajstić information content (AvgIpc) is 3.04. The molecule has 134 valence electrons. The normalized spacial score (nSPS) is 13.1. The van der Waals surface area contributed by atoms with Crippen LogP contribution in [0.5, 0.6) is 17.2 Å². The first-order chi connectivity index (χ1) is 11.9. The molecular formula is C16H15F2NO5S. The molecule has 0 bridgehead atoms. The van der Waals surface area contributed by atoms with Gasteiger partial charge in [-0.1, -0.05) is 6.07 Å². The highest BCUT2D eigenvalue weighted by Gasteiger charge is 2.23. The summed E-state index contributed by atoms with van der Waals surface area (Å²) >= 11 is 0. The second-order valence-corrected chi connectivity index (χ2v) is 6.89. The van der Waals surface area contributed by atoms with Crippen LogP contribution in [0.3, 0.4) is 0 Å². The van der Waals surface area contributed by atoms with Crippen LogP contribution in [-0.4, -0.2) is 21.8 Å². The van der Waals surface area contributed by atoms with Crippen molar-refractivity contribution >= 4 is 10.0 Å². The minimum Gasteiger partial charge on any atom is -0.491 e. The van der Waals surface area contributed by atoms with Crippen LogP contribution in [0.15, 0.2) is 35.2 Å². The van der Waals surface area contributed by atoms with Crippen molar-refractivity contribution in [3.05, 3.63) is 47.5 Å². The molecule has 1 aliphatic rings. The third-order valence-corrected chi connectivity index (χ3v) is 4.90. The molecule has 25 heavy (non-hydrogen) atoms.